The Kier molecular flexibility index (Phi) is 6.82. The summed E-state index contributed by atoms with van der Waals surface area (Å²) in [5, 5.41) is 5.12. The lowest BCUT2D eigenvalue weighted by Gasteiger charge is -2.13. The summed E-state index contributed by atoms with van der Waals surface area (Å²) < 4.78 is 43.7. The molecule has 2 aromatic rings. The number of alkyl halides is 3. The van der Waals surface area contributed by atoms with Crippen molar-refractivity contribution in [2.75, 3.05) is 25.6 Å². The molecule has 0 radical (unpaired) electrons. The summed E-state index contributed by atoms with van der Waals surface area (Å²) in [7, 11) is 1.57. The first-order valence-electron chi connectivity index (χ1n) is 7.67. The molecule has 1 heterocycles. The molecule has 1 aromatic carbocycles. The molecule has 0 atom stereocenters. The second kappa shape index (κ2) is 8.86. The maximum Gasteiger partial charge on any atom is 0.417 e. The third-order valence-electron chi connectivity index (χ3n) is 3.37. The number of carbonyl (C=O) groups excluding carboxylic acids is 1. The van der Waals surface area contributed by atoms with Crippen LogP contribution in [0, 0.1) is 0 Å². The van der Waals surface area contributed by atoms with Crippen LogP contribution in [-0.4, -0.2) is 31.2 Å². The second-order valence-electron chi connectivity index (χ2n) is 5.38. The van der Waals surface area contributed by atoms with E-state index >= 15 is 0 Å². The molecule has 0 aliphatic rings. The van der Waals surface area contributed by atoms with Crippen molar-refractivity contribution in [3.05, 3.63) is 52.8 Å². The molecule has 0 saturated heterocycles. The van der Waals surface area contributed by atoms with Crippen molar-refractivity contribution in [2.45, 2.75) is 12.6 Å². The van der Waals surface area contributed by atoms with Crippen LogP contribution in [0.2, 0.25) is 5.02 Å². The summed E-state index contributed by atoms with van der Waals surface area (Å²) in [6.45, 7) is 0.967. The fourth-order valence-electron chi connectivity index (χ4n) is 2.14. The molecule has 2 N–H and O–H groups in total. The monoisotopic (exact) mass is 387 g/mol. The van der Waals surface area contributed by atoms with E-state index in [9.17, 15) is 18.0 Å². The molecule has 26 heavy (non-hydrogen) atoms. The lowest BCUT2D eigenvalue weighted by atomic mass is 10.2. The fraction of sp³-hybridized carbons (Fsp3) is 0.294. The van der Waals surface area contributed by atoms with Crippen molar-refractivity contribution in [1.82, 2.24) is 10.3 Å². The van der Waals surface area contributed by atoms with E-state index in [1.54, 1.807) is 7.11 Å². The highest BCUT2D eigenvalue weighted by Gasteiger charge is 2.33. The zero-order chi connectivity index (χ0) is 19.2. The lowest BCUT2D eigenvalue weighted by molar-refractivity contribution is -0.137. The maximum absolute atomic E-state index is 12.9. The summed E-state index contributed by atoms with van der Waals surface area (Å²) >= 11 is 5.60. The number of methoxy groups -OCH3 is 1. The summed E-state index contributed by atoms with van der Waals surface area (Å²) in [5.41, 5.74) is -0.0900. The Bertz CT molecular complexity index is 769. The topological polar surface area (TPSA) is 63.2 Å². The molecule has 0 aliphatic carbocycles. The quantitative estimate of drug-likeness (QED) is 0.697. The van der Waals surface area contributed by atoms with Gasteiger partial charge in [-0.3, -0.25) is 9.78 Å². The van der Waals surface area contributed by atoms with Gasteiger partial charge in [-0.1, -0.05) is 11.6 Å². The lowest BCUT2D eigenvalue weighted by Crippen LogP contribution is -2.25. The average Bonchev–Trinajstić information content (AvgIpc) is 2.59. The van der Waals surface area contributed by atoms with Crippen LogP contribution in [-0.2, 0) is 10.9 Å². The Hall–Kier alpha value is -2.32. The minimum absolute atomic E-state index is 0.182. The van der Waals surface area contributed by atoms with Gasteiger partial charge in [-0.15, -0.1) is 0 Å². The Morgan fingerprint density at radius 3 is 2.69 bits per heavy atom. The van der Waals surface area contributed by atoms with Crippen molar-refractivity contribution in [3.8, 4) is 0 Å². The van der Waals surface area contributed by atoms with Crippen molar-refractivity contribution in [3.63, 3.8) is 0 Å². The van der Waals surface area contributed by atoms with Gasteiger partial charge < -0.3 is 15.4 Å². The van der Waals surface area contributed by atoms with E-state index in [0.29, 0.717) is 25.3 Å². The van der Waals surface area contributed by atoms with Gasteiger partial charge in [-0.05, 0) is 30.7 Å². The summed E-state index contributed by atoms with van der Waals surface area (Å²) in [6.07, 6.45) is -1.11. The molecule has 0 aliphatic heterocycles. The van der Waals surface area contributed by atoms with E-state index in [1.807, 2.05) is 0 Å². The largest absolute Gasteiger partial charge is 0.417 e. The van der Waals surface area contributed by atoms with Gasteiger partial charge in [-0.25, -0.2) is 0 Å². The third-order valence-corrected chi connectivity index (χ3v) is 3.70. The van der Waals surface area contributed by atoms with Gasteiger partial charge in [0.1, 0.15) is 0 Å². The number of hydrogen-bond acceptors (Lipinski definition) is 4. The third kappa shape index (κ3) is 5.60. The molecular formula is C17H17ClF3N3O2. The number of aromatic nitrogens is 1. The van der Waals surface area contributed by atoms with Crippen molar-refractivity contribution in [2.24, 2.45) is 0 Å². The predicted molar refractivity (Wildman–Crippen MR) is 92.8 cm³/mol. The van der Waals surface area contributed by atoms with Crippen molar-refractivity contribution in [1.29, 1.82) is 0 Å². The number of nitrogens with one attached hydrogen (secondary N) is 2. The highest BCUT2D eigenvalue weighted by Crippen LogP contribution is 2.36. The molecule has 0 spiro atoms. The fourth-order valence-corrected chi connectivity index (χ4v) is 2.36. The summed E-state index contributed by atoms with van der Waals surface area (Å²) in [5.74, 6) is -0.329. The van der Waals surface area contributed by atoms with Crippen LogP contribution < -0.4 is 10.6 Å². The average molecular weight is 388 g/mol. The van der Waals surface area contributed by atoms with Crippen molar-refractivity contribution >= 4 is 28.9 Å². The van der Waals surface area contributed by atoms with Crippen LogP contribution in [0.3, 0.4) is 0 Å². The van der Waals surface area contributed by atoms with E-state index < -0.39 is 11.7 Å². The summed E-state index contributed by atoms with van der Waals surface area (Å²) in [6, 6.07) is 4.97. The van der Waals surface area contributed by atoms with E-state index in [0.717, 1.165) is 12.1 Å². The van der Waals surface area contributed by atoms with Crippen LogP contribution in [0.5, 0.6) is 0 Å². The number of ether oxygens (including phenoxy) is 1. The molecule has 9 heteroatoms. The van der Waals surface area contributed by atoms with Gasteiger partial charge in [-0.2, -0.15) is 13.2 Å². The Labute approximate surface area is 153 Å². The number of carbonyl (C=O) groups is 1. The molecule has 140 valence electrons. The number of anilines is 2. The van der Waals surface area contributed by atoms with Gasteiger partial charge in [0.25, 0.3) is 5.91 Å². The van der Waals surface area contributed by atoms with Crippen LogP contribution in [0.1, 0.15) is 22.3 Å². The molecule has 0 saturated carbocycles. The predicted octanol–water partition coefficient (Wildman–Crippen LogP) is 4.26. The minimum atomic E-state index is -4.56. The van der Waals surface area contributed by atoms with E-state index in [4.69, 9.17) is 16.3 Å². The number of amides is 1. The Morgan fingerprint density at radius 2 is 2.00 bits per heavy atom. The Balaban J connectivity index is 2.10. The molecular weight excluding hydrogens is 371 g/mol. The van der Waals surface area contributed by atoms with Crippen LogP contribution in [0.25, 0.3) is 0 Å². The molecule has 5 nitrogen and oxygen atoms in total. The van der Waals surface area contributed by atoms with E-state index in [1.165, 1.54) is 24.5 Å². The number of pyridine rings is 1. The smallest absolute Gasteiger partial charge is 0.385 e. The second-order valence-corrected chi connectivity index (χ2v) is 5.79. The number of benzene rings is 1. The molecule has 0 bridgehead atoms. The van der Waals surface area contributed by atoms with Gasteiger partial charge in [0, 0.05) is 32.1 Å². The standard InChI is InChI=1S/C17H17ClF3N3O2/c1-26-6-2-5-23-16(25)11-7-13(10-22-9-11)24-12-3-4-15(18)14(8-12)17(19,20)21/h3-4,7-10,24H,2,5-6H2,1H3,(H,23,25). The number of halogens is 4. The molecule has 0 fully saturated rings. The van der Waals surface area contributed by atoms with Gasteiger partial charge in [0.15, 0.2) is 0 Å². The zero-order valence-electron chi connectivity index (χ0n) is 13.9. The minimum Gasteiger partial charge on any atom is -0.385 e. The van der Waals surface area contributed by atoms with Crippen molar-refractivity contribution < 1.29 is 22.7 Å². The van der Waals surface area contributed by atoms with Crippen LogP contribution in [0.4, 0.5) is 24.5 Å². The van der Waals surface area contributed by atoms with Crippen LogP contribution >= 0.6 is 11.6 Å². The molecule has 1 amide bonds. The number of rotatable bonds is 7. The van der Waals surface area contributed by atoms with E-state index in [2.05, 4.69) is 15.6 Å². The first-order chi connectivity index (χ1) is 12.3. The normalized spacial score (nSPS) is 11.3. The molecule has 0 unspecified atom stereocenters. The molecule has 2 rings (SSSR count). The SMILES string of the molecule is COCCCNC(=O)c1cncc(Nc2ccc(Cl)c(C(F)(F)F)c2)c1. The first kappa shape index (κ1) is 20.0. The zero-order valence-corrected chi connectivity index (χ0v) is 14.6. The highest BCUT2D eigenvalue weighted by atomic mass is 35.5. The number of nitrogens with zero attached hydrogens (tertiary/aromatic N) is 1. The van der Waals surface area contributed by atoms with Gasteiger partial charge >= 0.3 is 6.18 Å². The Morgan fingerprint density at radius 1 is 1.23 bits per heavy atom. The number of hydrogen-bond donors (Lipinski definition) is 2. The van der Waals surface area contributed by atoms with Gasteiger partial charge in [0.2, 0.25) is 0 Å². The molecule has 1 aromatic heterocycles. The first-order valence-corrected chi connectivity index (χ1v) is 8.05. The highest BCUT2D eigenvalue weighted by molar-refractivity contribution is 6.31. The van der Waals surface area contributed by atoms with Crippen LogP contribution in [0.15, 0.2) is 36.7 Å². The van der Waals surface area contributed by atoms with Gasteiger partial charge in [0.05, 0.1) is 28.0 Å². The summed E-state index contributed by atoms with van der Waals surface area (Å²) in [4.78, 5) is 16.0. The van der Waals surface area contributed by atoms with E-state index in [-0.39, 0.29) is 22.2 Å². The maximum atomic E-state index is 12.9.